The largest absolute Gasteiger partial charge is 0.462 e. The number of hydrogen-bond donors (Lipinski definition) is 1. The lowest BCUT2D eigenvalue weighted by Gasteiger charge is -2.07. The summed E-state index contributed by atoms with van der Waals surface area (Å²) in [5, 5.41) is 0. The second-order valence-corrected chi connectivity index (χ2v) is 3.63. The maximum absolute atomic E-state index is 12.9. The third-order valence-electron chi connectivity index (χ3n) is 1.99. The number of esters is 1. The number of carbonyl (C=O) groups excluding carboxylic acids is 1. The predicted molar refractivity (Wildman–Crippen MR) is 56.4 cm³/mol. The number of rotatable bonds is 4. The molecule has 0 fully saturated rings. The van der Waals surface area contributed by atoms with Crippen LogP contribution in [0.25, 0.3) is 0 Å². The number of nitrogen functional groups attached to an aromatic ring is 1. The van der Waals surface area contributed by atoms with E-state index >= 15 is 0 Å². The summed E-state index contributed by atoms with van der Waals surface area (Å²) in [4.78, 5) is 11.3. The Kier molecular flexibility index (Phi) is 4.52. The van der Waals surface area contributed by atoms with E-state index in [-0.39, 0.29) is 24.3 Å². The molecule has 0 saturated heterocycles. The maximum Gasteiger partial charge on any atom is 0.389 e. The van der Waals surface area contributed by atoms with Gasteiger partial charge in [-0.1, -0.05) is 0 Å². The summed E-state index contributed by atoms with van der Waals surface area (Å²) < 4.78 is 52.9. The smallest absolute Gasteiger partial charge is 0.389 e. The van der Waals surface area contributed by atoms with Gasteiger partial charge in [0.2, 0.25) is 0 Å². The summed E-state index contributed by atoms with van der Waals surface area (Å²) in [6.07, 6.45) is -5.65. The topological polar surface area (TPSA) is 52.3 Å². The van der Waals surface area contributed by atoms with Crippen molar-refractivity contribution in [1.82, 2.24) is 0 Å². The Hall–Kier alpha value is -1.79. The van der Waals surface area contributed by atoms with E-state index in [1.807, 2.05) is 0 Å². The normalized spacial score (nSPS) is 11.3. The van der Waals surface area contributed by atoms with Gasteiger partial charge in [0.25, 0.3) is 0 Å². The van der Waals surface area contributed by atoms with Crippen LogP contribution in [0.15, 0.2) is 18.2 Å². The van der Waals surface area contributed by atoms with Gasteiger partial charge in [-0.15, -0.1) is 0 Å². The van der Waals surface area contributed by atoms with E-state index in [1.165, 1.54) is 6.07 Å². The molecule has 0 atom stereocenters. The monoisotopic (exact) mass is 265 g/mol. The summed E-state index contributed by atoms with van der Waals surface area (Å²) in [6, 6.07) is 3.11. The molecule has 0 aliphatic heterocycles. The van der Waals surface area contributed by atoms with E-state index in [4.69, 9.17) is 5.73 Å². The number of anilines is 1. The van der Waals surface area contributed by atoms with Gasteiger partial charge in [-0.2, -0.15) is 13.2 Å². The van der Waals surface area contributed by atoms with Gasteiger partial charge in [-0.05, 0) is 24.6 Å². The van der Waals surface area contributed by atoms with Crippen molar-refractivity contribution in [3.63, 3.8) is 0 Å². The molecule has 0 heterocycles. The number of ether oxygens (including phenoxy) is 1. The minimum atomic E-state index is -4.28. The number of carbonyl (C=O) groups is 1. The Morgan fingerprint density at radius 3 is 2.50 bits per heavy atom. The van der Waals surface area contributed by atoms with Crippen molar-refractivity contribution in [2.45, 2.75) is 19.0 Å². The van der Waals surface area contributed by atoms with Gasteiger partial charge in [0.1, 0.15) is 5.82 Å². The molecule has 2 N–H and O–H groups in total. The quantitative estimate of drug-likeness (QED) is 0.394. The lowest BCUT2D eigenvalue weighted by Crippen LogP contribution is -2.12. The molecule has 18 heavy (non-hydrogen) atoms. The molecule has 0 radical (unpaired) electrons. The molecular weight excluding hydrogens is 254 g/mol. The van der Waals surface area contributed by atoms with Gasteiger partial charge in [0.05, 0.1) is 12.2 Å². The second kappa shape index (κ2) is 5.70. The molecule has 0 aromatic heterocycles. The highest BCUT2D eigenvalue weighted by Crippen LogP contribution is 2.21. The van der Waals surface area contributed by atoms with E-state index in [9.17, 15) is 22.4 Å². The predicted octanol–water partition coefficient (Wildman–Crippen LogP) is 2.91. The van der Waals surface area contributed by atoms with Crippen LogP contribution in [0, 0.1) is 5.82 Å². The molecule has 100 valence electrons. The van der Waals surface area contributed by atoms with Crippen molar-refractivity contribution in [3.05, 3.63) is 29.6 Å². The summed E-state index contributed by atoms with van der Waals surface area (Å²) in [6.45, 7) is -0.380. The van der Waals surface area contributed by atoms with Crippen molar-refractivity contribution < 1.29 is 27.1 Å². The Labute approximate surface area is 101 Å². The van der Waals surface area contributed by atoms with Gasteiger partial charge in [0.15, 0.2) is 0 Å². The average molecular weight is 265 g/mol. The Morgan fingerprint density at radius 1 is 1.28 bits per heavy atom. The van der Waals surface area contributed by atoms with Crippen LogP contribution in [0.2, 0.25) is 0 Å². The Bertz CT molecular complexity index is 411. The number of alkyl halides is 3. The molecule has 0 unspecified atom stereocenters. The van der Waals surface area contributed by atoms with Crippen LogP contribution in [-0.2, 0) is 4.74 Å². The fourth-order valence-electron chi connectivity index (χ4n) is 1.25. The van der Waals surface area contributed by atoms with Gasteiger partial charge in [0, 0.05) is 12.1 Å². The van der Waals surface area contributed by atoms with Gasteiger partial charge in [-0.3, -0.25) is 0 Å². The van der Waals surface area contributed by atoms with Crippen LogP contribution in [-0.4, -0.2) is 18.8 Å². The van der Waals surface area contributed by atoms with Gasteiger partial charge in [-0.25, -0.2) is 9.18 Å². The molecule has 7 heteroatoms. The van der Waals surface area contributed by atoms with Crippen LogP contribution in [0.3, 0.4) is 0 Å². The molecule has 0 saturated carbocycles. The molecular formula is C11H11F4NO2. The number of nitrogens with two attached hydrogens (primary N) is 1. The highest BCUT2D eigenvalue weighted by atomic mass is 19.4. The van der Waals surface area contributed by atoms with E-state index in [1.54, 1.807) is 0 Å². The van der Waals surface area contributed by atoms with Crippen LogP contribution >= 0.6 is 0 Å². The number of hydrogen-bond acceptors (Lipinski definition) is 3. The summed E-state index contributed by atoms with van der Waals surface area (Å²) in [7, 11) is 0. The van der Waals surface area contributed by atoms with Crippen molar-refractivity contribution in [2.75, 3.05) is 12.3 Å². The molecule has 0 bridgehead atoms. The third-order valence-corrected chi connectivity index (χ3v) is 1.99. The summed E-state index contributed by atoms with van der Waals surface area (Å²) in [5.74, 6) is -1.61. The summed E-state index contributed by atoms with van der Waals surface area (Å²) >= 11 is 0. The molecule has 1 rings (SSSR count). The maximum atomic E-state index is 12.9. The second-order valence-electron chi connectivity index (χ2n) is 3.63. The first-order chi connectivity index (χ1) is 8.28. The Balaban J connectivity index is 2.46. The fraction of sp³-hybridized carbons (Fsp3) is 0.364. The Morgan fingerprint density at radius 2 is 1.94 bits per heavy atom. The van der Waals surface area contributed by atoms with Crippen LogP contribution in [0.5, 0.6) is 0 Å². The SMILES string of the molecule is Nc1cc(F)cc(C(=O)OCCCC(F)(F)F)c1. The first kappa shape index (κ1) is 14.3. The molecule has 1 aromatic rings. The molecule has 1 aromatic carbocycles. The van der Waals surface area contributed by atoms with Gasteiger partial charge >= 0.3 is 12.1 Å². The lowest BCUT2D eigenvalue weighted by atomic mass is 10.2. The summed E-state index contributed by atoms with van der Waals surface area (Å²) in [5.41, 5.74) is 5.23. The van der Waals surface area contributed by atoms with Crippen molar-refractivity contribution in [2.24, 2.45) is 0 Å². The van der Waals surface area contributed by atoms with Crippen molar-refractivity contribution >= 4 is 11.7 Å². The zero-order valence-corrected chi connectivity index (χ0v) is 9.26. The van der Waals surface area contributed by atoms with E-state index in [0.717, 1.165) is 12.1 Å². The first-order valence-corrected chi connectivity index (χ1v) is 5.08. The minimum absolute atomic E-state index is 0.0391. The number of benzene rings is 1. The minimum Gasteiger partial charge on any atom is -0.462 e. The van der Waals surface area contributed by atoms with Crippen LogP contribution < -0.4 is 5.73 Å². The fourth-order valence-corrected chi connectivity index (χ4v) is 1.25. The molecule has 0 amide bonds. The van der Waals surface area contributed by atoms with E-state index in [0.29, 0.717) is 0 Å². The van der Waals surface area contributed by atoms with Gasteiger partial charge < -0.3 is 10.5 Å². The molecule has 0 aliphatic carbocycles. The highest BCUT2D eigenvalue weighted by Gasteiger charge is 2.26. The van der Waals surface area contributed by atoms with Crippen LogP contribution in [0.1, 0.15) is 23.2 Å². The first-order valence-electron chi connectivity index (χ1n) is 5.08. The highest BCUT2D eigenvalue weighted by molar-refractivity contribution is 5.90. The van der Waals surface area contributed by atoms with E-state index in [2.05, 4.69) is 4.74 Å². The van der Waals surface area contributed by atoms with Crippen molar-refractivity contribution in [1.29, 1.82) is 0 Å². The average Bonchev–Trinajstić information content (AvgIpc) is 2.21. The zero-order chi connectivity index (χ0) is 13.8. The zero-order valence-electron chi connectivity index (χ0n) is 9.26. The standard InChI is InChI=1S/C11H11F4NO2/c12-8-4-7(5-9(16)6-8)10(17)18-3-1-2-11(13,14)15/h4-6H,1-3,16H2. The van der Waals surface area contributed by atoms with Crippen molar-refractivity contribution in [3.8, 4) is 0 Å². The molecule has 3 nitrogen and oxygen atoms in total. The number of halogens is 4. The van der Waals surface area contributed by atoms with E-state index < -0.39 is 24.4 Å². The molecule has 0 aliphatic rings. The lowest BCUT2D eigenvalue weighted by molar-refractivity contribution is -0.137. The van der Waals surface area contributed by atoms with Crippen LogP contribution in [0.4, 0.5) is 23.2 Å². The third kappa shape index (κ3) is 5.03. The molecule has 0 spiro atoms.